The molecule has 0 radical (unpaired) electrons. The molecule has 0 spiro atoms. The maximum absolute atomic E-state index is 12.4. The van der Waals surface area contributed by atoms with Crippen molar-refractivity contribution in [1.82, 2.24) is 0 Å². The zero-order valence-corrected chi connectivity index (χ0v) is 11.4. The Balaban J connectivity index is 2.45. The van der Waals surface area contributed by atoms with Gasteiger partial charge in [-0.15, -0.1) is 0 Å². The number of aryl methyl sites for hydroxylation is 2. The van der Waals surface area contributed by atoms with Gasteiger partial charge in [0.1, 0.15) is 5.75 Å². The van der Waals surface area contributed by atoms with Gasteiger partial charge in [0.25, 0.3) is 0 Å². The molecule has 19 heavy (non-hydrogen) atoms. The summed E-state index contributed by atoms with van der Waals surface area (Å²) < 4.78 is 5.30. The second-order valence-corrected chi connectivity index (χ2v) is 4.60. The SMILES string of the molecule is COc1c(C)cc(C(=O)c2cccc(N)c2)cc1C. The molecular weight excluding hydrogens is 238 g/mol. The van der Waals surface area contributed by atoms with Crippen molar-refractivity contribution in [3.8, 4) is 5.75 Å². The lowest BCUT2D eigenvalue weighted by Crippen LogP contribution is -2.04. The molecule has 0 aliphatic rings. The van der Waals surface area contributed by atoms with Gasteiger partial charge in [-0.05, 0) is 49.2 Å². The molecule has 0 saturated heterocycles. The summed E-state index contributed by atoms with van der Waals surface area (Å²) in [4.78, 5) is 12.4. The zero-order valence-electron chi connectivity index (χ0n) is 11.4. The number of hydrogen-bond donors (Lipinski definition) is 1. The molecule has 0 atom stereocenters. The highest BCUT2D eigenvalue weighted by Crippen LogP contribution is 2.25. The first-order valence-electron chi connectivity index (χ1n) is 6.08. The van der Waals surface area contributed by atoms with Crippen molar-refractivity contribution >= 4 is 11.5 Å². The maximum Gasteiger partial charge on any atom is 0.193 e. The van der Waals surface area contributed by atoms with Gasteiger partial charge in [-0.25, -0.2) is 0 Å². The minimum Gasteiger partial charge on any atom is -0.496 e. The van der Waals surface area contributed by atoms with Crippen LogP contribution < -0.4 is 10.5 Å². The highest BCUT2D eigenvalue weighted by atomic mass is 16.5. The second-order valence-electron chi connectivity index (χ2n) is 4.60. The molecule has 0 amide bonds. The van der Waals surface area contributed by atoms with E-state index in [1.807, 2.05) is 26.0 Å². The predicted molar refractivity (Wildman–Crippen MR) is 76.8 cm³/mol. The molecule has 0 bridgehead atoms. The summed E-state index contributed by atoms with van der Waals surface area (Å²) >= 11 is 0. The molecule has 2 aromatic rings. The fourth-order valence-corrected chi connectivity index (χ4v) is 2.25. The van der Waals surface area contributed by atoms with Gasteiger partial charge in [0.2, 0.25) is 0 Å². The summed E-state index contributed by atoms with van der Waals surface area (Å²) in [5.74, 6) is 0.797. The molecule has 0 fully saturated rings. The first-order valence-corrected chi connectivity index (χ1v) is 6.08. The van der Waals surface area contributed by atoms with E-state index in [0.29, 0.717) is 16.8 Å². The van der Waals surface area contributed by atoms with Crippen LogP contribution in [0.15, 0.2) is 36.4 Å². The van der Waals surface area contributed by atoms with Crippen molar-refractivity contribution < 1.29 is 9.53 Å². The van der Waals surface area contributed by atoms with Crippen molar-refractivity contribution in [2.45, 2.75) is 13.8 Å². The Bertz CT molecular complexity index is 609. The smallest absolute Gasteiger partial charge is 0.193 e. The predicted octanol–water partition coefficient (Wildman–Crippen LogP) is 3.13. The van der Waals surface area contributed by atoms with E-state index < -0.39 is 0 Å². The van der Waals surface area contributed by atoms with E-state index >= 15 is 0 Å². The summed E-state index contributed by atoms with van der Waals surface area (Å²) in [6.45, 7) is 3.87. The Morgan fingerprint density at radius 3 is 2.21 bits per heavy atom. The maximum atomic E-state index is 12.4. The summed E-state index contributed by atoms with van der Waals surface area (Å²) in [5.41, 5.74) is 9.46. The van der Waals surface area contributed by atoms with Crippen LogP contribution in [-0.2, 0) is 0 Å². The van der Waals surface area contributed by atoms with Crippen LogP contribution in [0.1, 0.15) is 27.0 Å². The molecule has 0 unspecified atom stereocenters. The second kappa shape index (κ2) is 5.14. The van der Waals surface area contributed by atoms with Crippen LogP contribution in [0.25, 0.3) is 0 Å². The van der Waals surface area contributed by atoms with Gasteiger partial charge in [0.15, 0.2) is 5.78 Å². The third-order valence-electron chi connectivity index (χ3n) is 3.08. The van der Waals surface area contributed by atoms with Crippen molar-refractivity contribution in [3.63, 3.8) is 0 Å². The largest absolute Gasteiger partial charge is 0.496 e. The average Bonchev–Trinajstić information content (AvgIpc) is 2.37. The summed E-state index contributed by atoms with van der Waals surface area (Å²) in [7, 11) is 1.63. The number of carbonyl (C=O) groups excluding carboxylic acids is 1. The van der Waals surface area contributed by atoms with Crippen LogP contribution in [0.5, 0.6) is 5.75 Å². The van der Waals surface area contributed by atoms with E-state index in [2.05, 4.69) is 0 Å². The number of hydrogen-bond acceptors (Lipinski definition) is 3. The molecule has 0 aliphatic heterocycles. The van der Waals surface area contributed by atoms with Gasteiger partial charge in [-0.2, -0.15) is 0 Å². The third-order valence-corrected chi connectivity index (χ3v) is 3.08. The van der Waals surface area contributed by atoms with Crippen molar-refractivity contribution in [3.05, 3.63) is 58.7 Å². The van der Waals surface area contributed by atoms with E-state index in [1.54, 1.807) is 31.4 Å². The Kier molecular flexibility index (Phi) is 3.56. The highest BCUT2D eigenvalue weighted by molar-refractivity contribution is 6.09. The minimum absolute atomic E-state index is 0.0267. The molecule has 2 aromatic carbocycles. The quantitative estimate of drug-likeness (QED) is 0.677. The number of nitrogen functional groups attached to an aromatic ring is 1. The Morgan fingerprint density at radius 1 is 1.05 bits per heavy atom. The summed E-state index contributed by atoms with van der Waals surface area (Å²) in [5, 5.41) is 0. The molecule has 3 nitrogen and oxygen atoms in total. The zero-order chi connectivity index (χ0) is 14.0. The molecule has 0 heterocycles. The lowest BCUT2D eigenvalue weighted by atomic mass is 9.98. The van der Waals surface area contributed by atoms with Crippen LogP contribution in [0, 0.1) is 13.8 Å². The number of carbonyl (C=O) groups is 1. The van der Waals surface area contributed by atoms with Gasteiger partial charge >= 0.3 is 0 Å². The van der Waals surface area contributed by atoms with Crippen LogP contribution in [0.3, 0.4) is 0 Å². The summed E-state index contributed by atoms with van der Waals surface area (Å²) in [6.07, 6.45) is 0. The first-order chi connectivity index (χ1) is 9.02. The van der Waals surface area contributed by atoms with Gasteiger partial charge in [0, 0.05) is 16.8 Å². The molecule has 0 aliphatic carbocycles. The number of ether oxygens (including phenoxy) is 1. The summed E-state index contributed by atoms with van der Waals surface area (Å²) in [6, 6.07) is 10.7. The van der Waals surface area contributed by atoms with Gasteiger partial charge < -0.3 is 10.5 Å². The van der Waals surface area contributed by atoms with Gasteiger partial charge in [-0.3, -0.25) is 4.79 Å². The Hall–Kier alpha value is -2.29. The van der Waals surface area contributed by atoms with Crippen LogP contribution in [0.2, 0.25) is 0 Å². The molecule has 98 valence electrons. The lowest BCUT2D eigenvalue weighted by Gasteiger charge is -2.11. The minimum atomic E-state index is -0.0267. The molecule has 3 heteroatoms. The van der Waals surface area contributed by atoms with Crippen LogP contribution >= 0.6 is 0 Å². The Morgan fingerprint density at radius 2 is 1.68 bits per heavy atom. The molecule has 0 saturated carbocycles. The highest BCUT2D eigenvalue weighted by Gasteiger charge is 2.13. The van der Waals surface area contributed by atoms with E-state index in [0.717, 1.165) is 16.9 Å². The van der Waals surface area contributed by atoms with Crippen molar-refractivity contribution in [2.75, 3.05) is 12.8 Å². The molecular formula is C16H17NO2. The normalized spacial score (nSPS) is 10.3. The monoisotopic (exact) mass is 255 g/mol. The number of nitrogens with two attached hydrogens (primary N) is 1. The van der Waals surface area contributed by atoms with E-state index in [1.165, 1.54) is 0 Å². The number of methoxy groups -OCH3 is 1. The lowest BCUT2D eigenvalue weighted by molar-refractivity contribution is 0.103. The number of rotatable bonds is 3. The first kappa shape index (κ1) is 13.1. The number of anilines is 1. The number of benzene rings is 2. The van der Waals surface area contributed by atoms with Crippen LogP contribution in [-0.4, -0.2) is 12.9 Å². The van der Waals surface area contributed by atoms with Crippen molar-refractivity contribution in [1.29, 1.82) is 0 Å². The van der Waals surface area contributed by atoms with E-state index in [4.69, 9.17) is 10.5 Å². The molecule has 2 rings (SSSR count). The fraction of sp³-hybridized carbons (Fsp3) is 0.188. The topological polar surface area (TPSA) is 52.3 Å². The van der Waals surface area contributed by atoms with E-state index in [9.17, 15) is 4.79 Å². The molecule has 0 aromatic heterocycles. The van der Waals surface area contributed by atoms with E-state index in [-0.39, 0.29) is 5.78 Å². The van der Waals surface area contributed by atoms with Crippen LogP contribution in [0.4, 0.5) is 5.69 Å². The standard InChI is InChI=1S/C16H17NO2/c1-10-7-13(8-11(2)16(10)19-3)15(18)12-5-4-6-14(17)9-12/h4-9H,17H2,1-3H3. The Labute approximate surface area is 113 Å². The average molecular weight is 255 g/mol. The fourth-order valence-electron chi connectivity index (χ4n) is 2.25. The molecule has 2 N–H and O–H groups in total. The van der Waals surface area contributed by atoms with Gasteiger partial charge in [-0.1, -0.05) is 12.1 Å². The van der Waals surface area contributed by atoms with Gasteiger partial charge in [0.05, 0.1) is 7.11 Å². The third kappa shape index (κ3) is 2.60. The number of ketones is 1. The van der Waals surface area contributed by atoms with Crippen molar-refractivity contribution in [2.24, 2.45) is 0 Å².